The summed E-state index contributed by atoms with van der Waals surface area (Å²) >= 11 is 3.77. The van der Waals surface area contributed by atoms with E-state index in [2.05, 4.69) is 53.2 Å². The summed E-state index contributed by atoms with van der Waals surface area (Å²) in [5.74, 6) is 0. The van der Waals surface area contributed by atoms with Crippen LogP contribution in [0.3, 0.4) is 0 Å². The van der Waals surface area contributed by atoms with Gasteiger partial charge in [0.05, 0.1) is 0 Å². The first kappa shape index (κ1) is 13.8. The summed E-state index contributed by atoms with van der Waals surface area (Å²) in [6.07, 6.45) is 9.54. The number of hydrogen-bond donors (Lipinski definition) is 0. The van der Waals surface area contributed by atoms with E-state index in [1.54, 1.807) is 0 Å². The summed E-state index contributed by atoms with van der Waals surface area (Å²) in [5.41, 5.74) is 1.41. The minimum Gasteiger partial charge on any atom is -0.0839 e. The first-order valence-corrected chi connectivity index (χ1v) is 7.45. The van der Waals surface area contributed by atoms with E-state index >= 15 is 0 Å². The highest BCUT2D eigenvalue weighted by Crippen LogP contribution is 2.28. The van der Waals surface area contributed by atoms with Gasteiger partial charge in [-0.2, -0.15) is 0 Å². The van der Waals surface area contributed by atoms with Gasteiger partial charge >= 0.3 is 0 Å². The number of benzene rings is 1. The van der Waals surface area contributed by atoms with Gasteiger partial charge in [0.25, 0.3) is 0 Å². The predicted octanol–water partition coefficient (Wildman–Crippen LogP) is 5.87. The van der Waals surface area contributed by atoms with E-state index in [0.29, 0.717) is 4.83 Å². The van der Waals surface area contributed by atoms with Crippen LogP contribution < -0.4 is 0 Å². The van der Waals surface area contributed by atoms with Crippen molar-refractivity contribution >= 4 is 15.9 Å². The number of unbranched alkanes of at least 4 members (excludes halogenated alkanes) is 5. The van der Waals surface area contributed by atoms with Crippen molar-refractivity contribution in [2.45, 2.75) is 56.7 Å². The first-order chi connectivity index (χ1) is 7.84. The molecule has 0 nitrogen and oxygen atoms in total. The van der Waals surface area contributed by atoms with Crippen LogP contribution in [0.1, 0.15) is 62.3 Å². The SMILES string of the molecule is CCCCCCCC[C@H](Br)c1ccccc1. The molecule has 0 saturated carbocycles. The Labute approximate surface area is 109 Å². The maximum Gasteiger partial charge on any atom is 0.0395 e. The molecule has 0 heterocycles. The summed E-state index contributed by atoms with van der Waals surface area (Å²) in [5, 5.41) is 0. The molecule has 0 amide bonds. The predicted molar refractivity (Wildman–Crippen MR) is 76.1 cm³/mol. The fourth-order valence-electron chi connectivity index (χ4n) is 1.93. The molecule has 0 unspecified atom stereocenters. The zero-order valence-electron chi connectivity index (χ0n) is 10.3. The van der Waals surface area contributed by atoms with E-state index in [1.165, 1.54) is 50.5 Å². The Morgan fingerprint density at radius 3 is 2.25 bits per heavy atom. The van der Waals surface area contributed by atoms with Crippen molar-refractivity contribution in [3.05, 3.63) is 35.9 Å². The molecule has 1 atom stereocenters. The lowest BCUT2D eigenvalue weighted by Crippen LogP contribution is -1.89. The molecule has 1 aromatic carbocycles. The van der Waals surface area contributed by atoms with Crippen molar-refractivity contribution in [2.75, 3.05) is 0 Å². The Bertz CT molecular complexity index is 255. The second-order valence-electron chi connectivity index (χ2n) is 4.43. The summed E-state index contributed by atoms with van der Waals surface area (Å²) in [6, 6.07) is 10.7. The minimum atomic E-state index is 0.542. The molecule has 0 aliphatic heterocycles. The molecule has 1 rings (SSSR count). The van der Waals surface area contributed by atoms with Crippen LogP contribution in [0.2, 0.25) is 0 Å². The fraction of sp³-hybridized carbons (Fsp3) is 0.600. The molecule has 0 bridgehead atoms. The van der Waals surface area contributed by atoms with Gasteiger partial charge in [0.15, 0.2) is 0 Å². The molecular weight excluding hydrogens is 260 g/mol. The molecule has 0 saturated heterocycles. The maximum absolute atomic E-state index is 3.77. The molecule has 0 N–H and O–H groups in total. The Balaban J connectivity index is 2.09. The van der Waals surface area contributed by atoms with Gasteiger partial charge < -0.3 is 0 Å². The average molecular weight is 283 g/mol. The van der Waals surface area contributed by atoms with Crippen LogP contribution in [0.25, 0.3) is 0 Å². The molecule has 1 heteroatoms. The lowest BCUT2D eigenvalue weighted by atomic mass is 10.0. The van der Waals surface area contributed by atoms with Crippen LogP contribution in [0.15, 0.2) is 30.3 Å². The standard InChI is InChI=1S/C15H23Br/c1-2-3-4-5-6-10-13-15(16)14-11-8-7-9-12-14/h7-9,11-12,15H,2-6,10,13H2,1H3/t15-/m0/s1. The van der Waals surface area contributed by atoms with Gasteiger partial charge in [0.1, 0.15) is 0 Å². The quantitative estimate of drug-likeness (QED) is 0.413. The summed E-state index contributed by atoms with van der Waals surface area (Å²) in [7, 11) is 0. The molecule has 0 aromatic heterocycles. The van der Waals surface area contributed by atoms with E-state index in [-0.39, 0.29) is 0 Å². The van der Waals surface area contributed by atoms with Crippen molar-refractivity contribution < 1.29 is 0 Å². The molecular formula is C15H23Br. The summed E-state index contributed by atoms with van der Waals surface area (Å²) < 4.78 is 0. The van der Waals surface area contributed by atoms with Gasteiger partial charge in [-0.05, 0) is 12.0 Å². The third-order valence-electron chi connectivity index (χ3n) is 2.97. The Morgan fingerprint density at radius 2 is 1.56 bits per heavy atom. The molecule has 0 aliphatic carbocycles. The number of rotatable bonds is 8. The number of halogens is 1. The van der Waals surface area contributed by atoms with Gasteiger partial charge in [-0.15, -0.1) is 0 Å². The van der Waals surface area contributed by atoms with Crippen LogP contribution in [-0.4, -0.2) is 0 Å². The zero-order valence-corrected chi connectivity index (χ0v) is 11.9. The van der Waals surface area contributed by atoms with Gasteiger partial charge in [-0.3, -0.25) is 0 Å². The fourth-order valence-corrected chi connectivity index (χ4v) is 2.56. The van der Waals surface area contributed by atoms with Crippen LogP contribution in [-0.2, 0) is 0 Å². The highest BCUT2D eigenvalue weighted by molar-refractivity contribution is 9.09. The highest BCUT2D eigenvalue weighted by Gasteiger charge is 2.05. The third-order valence-corrected chi connectivity index (χ3v) is 3.96. The second-order valence-corrected chi connectivity index (χ2v) is 5.54. The molecule has 0 fully saturated rings. The molecule has 1 aromatic rings. The third kappa shape index (κ3) is 5.69. The van der Waals surface area contributed by atoms with Crippen molar-refractivity contribution in [1.82, 2.24) is 0 Å². The Hall–Kier alpha value is -0.300. The maximum atomic E-state index is 3.77. The average Bonchev–Trinajstić information content (AvgIpc) is 2.34. The van der Waals surface area contributed by atoms with E-state index in [0.717, 1.165) is 0 Å². The van der Waals surface area contributed by atoms with Crippen LogP contribution in [0.5, 0.6) is 0 Å². The van der Waals surface area contributed by atoms with E-state index in [1.807, 2.05) is 0 Å². The van der Waals surface area contributed by atoms with Crippen molar-refractivity contribution in [3.8, 4) is 0 Å². The smallest absolute Gasteiger partial charge is 0.0395 e. The monoisotopic (exact) mass is 282 g/mol. The molecule has 90 valence electrons. The molecule has 0 spiro atoms. The summed E-state index contributed by atoms with van der Waals surface area (Å²) in [6.45, 7) is 2.27. The lowest BCUT2D eigenvalue weighted by molar-refractivity contribution is 0.588. The summed E-state index contributed by atoms with van der Waals surface area (Å²) in [4.78, 5) is 0.542. The van der Waals surface area contributed by atoms with Crippen LogP contribution in [0.4, 0.5) is 0 Å². The molecule has 16 heavy (non-hydrogen) atoms. The van der Waals surface area contributed by atoms with Crippen LogP contribution in [0, 0.1) is 0 Å². The number of hydrogen-bond acceptors (Lipinski definition) is 0. The van der Waals surface area contributed by atoms with Crippen molar-refractivity contribution in [2.24, 2.45) is 0 Å². The molecule has 0 radical (unpaired) electrons. The molecule has 0 aliphatic rings. The zero-order chi connectivity index (χ0) is 11.6. The van der Waals surface area contributed by atoms with Gasteiger partial charge in [0.2, 0.25) is 0 Å². The van der Waals surface area contributed by atoms with Gasteiger partial charge in [0, 0.05) is 4.83 Å². The second kappa shape index (κ2) is 8.81. The normalized spacial score (nSPS) is 12.6. The van der Waals surface area contributed by atoms with Crippen LogP contribution >= 0.6 is 15.9 Å². The lowest BCUT2D eigenvalue weighted by Gasteiger charge is -2.09. The Morgan fingerprint density at radius 1 is 0.938 bits per heavy atom. The highest BCUT2D eigenvalue weighted by atomic mass is 79.9. The van der Waals surface area contributed by atoms with E-state index in [4.69, 9.17) is 0 Å². The van der Waals surface area contributed by atoms with Gasteiger partial charge in [-0.25, -0.2) is 0 Å². The number of alkyl halides is 1. The van der Waals surface area contributed by atoms with Crippen molar-refractivity contribution in [1.29, 1.82) is 0 Å². The van der Waals surface area contributed by atoms with E-state index < -0.39 is 0 Å². The van der Waals surface area contributed by atoms with E-state index in [9.17, 15) is 0 Å². The van der Waals surface area contributed by atoms with Crippen molar-refractivity contribution in [3.63, 3.8) is 0 Å². The Kier molecular flexibility index (Phi) is 7.58. The topological polar surface area (TPSA) is 0 Å². The minimum absolute atomic E-state index is 0.542. The largest absolute Gasteiger partial charge is 0.0839 e. The van der Waals surface area contributed by atoms with Gasteiger partial charge in [-0.1, -0.05) is 91.7 Å². The first-order valence-electron chi connectivity index (χ1n) is 6.53.